The monoisotopic (exact) mass is 277 g/mol. The van der Waals surface area contributed by atoms with E-state index in [2.05, 4.69) is 14.7 Å². The van der Waals surface area contributed by atoms with Gasteiger partial charge in [-0.2, -0.15) is 5.10 Å². The summed E-state index contributed by atoms with van der Waals surface area (Å²) in [5.74, 6) is -0.337. The van der Waals surface area contributed by atoms with Crippen LogP contribution < -0.4 is 0 Å². The Labute approximate surface area is 119 Å². The molecule has 0 atom stereocenters. The zero-order chi connectivity index (χ0) is 13.4. The Morgan fingerprint density at radius 3 is 2.75 bits per heavy atom. The van der Waals surface area contributed by atoms with Crippen molar-refractivity contribution in [2.24, 2.45) is 0 Å². The van der Waals surface area contributed by atoms with Crippen LogP contribution in [0.4, 0.5) is 0 Å². The summed E-state index contributed by atoms with van der Waals surface area (Å²) < 4.78 is 13.8. The van der Waals surface area contributed by atoms with Crippen molar-refractivity contribution in [3.8, 4) is 0 Å². The van der Waals surface area contributed by atoms with Crippen LogP contribution in [0.2, 0.25) is 0 Å². The van der Waals surface area contributed by atoms with Gasteiger partial charge in [0, 0.05) is 25.1 Å². The summed E-state index contributed by atoms with van der Waals surface area (Å²) in [6.07, 6.45) is 7.59. The Morgan fingerprint density at radius 2 is 1.95 bits per heavy atom. The predicted molar refractivity (Wildman–Crippen MR) is 74.6 cm³/mol. The van der Waals surface area contributed by atoms with E-state index in [0.29, 0.717) is 0 Å². The molecule has 3 heterocycles. The second kappa shape index (κ2) is 5.13. The van der Waals surface area contributed by atoms with E-state index in [1.54, 1.807) is 0 Å². The van der Waals surface area contributed by atoms with E-state index in [1.165, 1.54) is 37.2 Å². The number of ether oxygens (including phenoxy) is 2. The van der Waals surface area contributed by atoms with Gasteiger partial charge >= 0.3 is 0 Å². The van der Waals surface area contributed by atoms with Crippen molar-refractivity contribution in [1.29, 1.82) is 0 Å². The van der Waals surface area contributed by atoms with Crippen LogP contribution in [0, 0.1) is 0 Å². The summed E-state index contributed by atoms with van der Waals surface area (Å²) in [7, 11) is 0. The molecule has 2 saturated heterocycles. The fourth-order valence-corrected chi connectivity index (χ4v) is 3.75. The molecule has 0 saturated carbocycles. The summed E-state index contributed by atoms with van der Waals surface area (Å²) in [5, 5.41) is 4.59. The van der Waals surface area contributed by atoms with Gasteiger partial charge in [0.05, 0.1) is 26.0 Å². The first-order chi connectivity index (χ1) is 9.85. The van der Waals surface area contributed by atoms with Crippen LogP contribution in [0.5, 0.6) is 0 Å². The van der Waals surface area contributed by atoms with E-state index in [-0.39, 0.29) is 5.79 Å². The fourth-order valence-electron chi connectivity index (χ4n) is 3.75. The molecule has 5 heteroatoms. The van der Waals surface area contributed by atoms with Gasteiger partial charge in [-0.1, -0.05) is 0 Å². The maximum atomic E-state index is 5.82. The first-order valence-corrected chi connectivity index (χ1v) is 7.89. The largest absolute Gasteiger partial charge is 0.347 e. The van der Waals surface area contributed by atoms with Gasteiger partial charge in [0.2, 0.25) is 0 Å². The Hall–Kier alpha value is -0.910. The molecule has 0 N–H and O–H groups in total. The van der Waals surface area contributed by atoms with E-state index < -0.39 is 0 Å². The maximum absolute atomic E-state index is 5.82. The minimum absolute atomic E-state index is 0.337. The van der Waals surface area contributed by atoms with E-state index >= 15 is 0 Å². The number of fused-ring (bicyclic) bond motifs is 1. The van der Waals surface area contributed by atoms with Crippen molar-refractivity contribution in [2.45, 2.75) is 44.4 Å². The van der Waals surface area contributed by atoms with Crippen molar-refractivity contribution in [1.82, 2.24) is 14.7 Å². The van der Waals surface area contributed by atoms with Gasteiger partial charge in [-0.3, -0.25) is 4.68 Å². The number of rotatable bonds is 3. The molecule has 3 aliphatic rings. The van der Waals surface area contributed by atoms with Gasteiger partial charge in [0.15, 0.2) is 5.79 Å². The zero-order valence-electron chi connectivity index (χ0n) is 12.0. The second-order valence-corrected chi connectivity index (χ2v) is 6.17. The maximum Gasteiger partial charge on any atom is 0.172 e. The summed E-state index contributed by atoms with van der Waals surface area (Å²) >= 11 is 0. The highest BCUT2D eigenvalue weighted by molar-refractivity contribution is 5.23. The SMILES string of the molecule is c1nn(CCN2CCCC2)c2c1CC1(CC2)OCCO1. The van der Waals surface area contributed by atoms with Crippen LogP contribution >= 0.6 is 0 Å². The average Bonchev–Trinajstić information content (AvgIpc) is 3.18. The molecule has 1 spiro atoms. The molecule has 20 heavy (non-hydrogen) atoms. The minimum Gasteiger partial charge on any atom is -0.347 e. The van der Waals surface area contributed by atoms with Crippen LogP contribution in [-0.2, 0) is 28.9 Å². The molecule has 1 aromatic rings. The lowest BCUT2D eigenvalue weighted by Gasteiger charge is -2.31. The Bertz CT molecular complexity index is 473. The molecule has 2 aliphatic heterocycles. The van der Waals surface area contributed by atoms with Crippen LogP contribution in [0.15, 0.2) is 6.20 Å². The Balaban J connectivity index is 1.44. The molecule has 1 aromatic heterocycles. The first-order valence-electron chi connectivity index (χ1n) is 7.89. The van der Waals surface area contributed by atoms with Crippen LogP contribution in [0.25, 0.3) is 0 Å². The van der Waals surface area contributed by atoms with Crippen LogP contribution in [0.1, 0.15) is 30.5 Å². The fraction of sp³-hybridized carbons (Fsp3) is 0.800. The Morgan fingerprint density at radius 1 is 1.15 bits per heavy atom. The summed E-state index contributed by atoms with van der Waals surface area (Å²) in [6.45, 7) is 6.13. The molecule has 0 aromatic carbocycles. The number of hydrogen-bond acceptors (Lipinski definition) is 4. The first kappa shape index (κ1) is 12.8. The van der Waals surface area contributed by atoms with Crippen molar-refractivity contribution < 1.29 is 9.47 Å². The average molecular weight is 277 g/mol. The molecule has 0 unspecified atom stereocenters. The smallest absolute Gasteiger partial charge is 0.172 e. The Kier molecular flexibility index (Phi) is 3.28. The third kappa shape index (κ3) is 2.28. The molecule has 0 bridgehead atoms. The summed E-state index contributed by atoms with van der Waals surface area (Å²) in [6, 6.07) is 0. The van der Waals surface area contributed by atoms with E-state index in [1.807, 2.05) is 6.20 Å². The van der Waals surface area contributed by atoms with Gasteiger partial charge < -0.3 is 14.4 Å². The van der Waals surface area contributed by atoms with Crippen molar-refractivity contribution in [2.75, 3.05) is 32.8 Å². The number of nitrogens with zero attached hydrogens (tertiary/aromatic N) is 3. The summed E-state index contributed by atoms with van der Waals surface area (Å²) in [5.41, 5.74) is 2.72. The van der Waals surface area contributed by atoms with Crippen molar-refractivity contribution in [3.63, 3.8) is 0 Å². The molecule has 4 rings (SSSR count). The number of hydrogen-bond donors (Lipinski definition) is 0. The van der Waals surface area contributed by atoms with E-state index in [9.17, 15) is 0 Å². The normalized spacial score (nSPS) is 25.4. The third-order valence-electron chi connectivity index (χ3n) is 4.88. The summed E-state index contributed by atoms with van der Waals surface area (Å²) in [4.78, 5) is 2.54. The molecule has 0 radical (unpaired) electrons. The van der Waals surface area contributed by atoms with Gasteiger partial charge in [-0.15, -0.1) is 0 Å². The second-order valence-electron chi connectivity index (χ2n) is 6.17. The van der Waals surface area contributed by atoms with Crippen LogP contribution in [0.3, 0.4) is 0 Å². The van der Waals surface area contributed by atoms with Crippen LogP contribution in [-0.4, -0.2) is 53.3 Å². The molecular weight excluding hydrogens is 254 g/mol. The number of likely N-dealkylation sites (tertiary alicyclic amines) is 1. The van der Waals surface area contributed by atoms with Gasteiger partial charge in [0.1, 0.15) is 0 Å². The molecule has 1 aliphatic carbocycles. The topological polar surface area (TPSA) is 39.5 Å². The third-order valence-corrected chi connectivity index (χ3v) is 4.88. The van der Waals surface area contributed by atoms with Gasteiger partial charge in [-0.05, 0) is 37.9 Å². The standard InChI is InChI=1S/C15H23N3O2/c1-2-6-17(5-1)7-8-18-14-3-4-15(19-9-10-20-15)11-13(14)12-16-18/h12H,1-11H2. The highest BCUT2D eigenvalue weighted by Gasteiger charge is 2.41. The van der Waals surface area contributed by atoms with Gasteiger partial charge in [-0.25, -0.2) is 0 Å². The molecule has 110 valence electrons. The highest BCUT2D eigenvalue weighted by atomic mass is 16.7. The minimum atomic E-state index is -0.337. The predicted octanol–water partition coefficient (Wildman–Crippen LogP) is 1.21. The van der Waals surface area contributed by atoms with Crippen molar-refractivity contribution in [3.05, 3.63) is 17.5 Å². The zero-order valence-corrected chi connectivity index (χ0v) is 12.0. The van der Waals surface area contributed by atoms with Crippen molar-refractivity contribution >= 4 is 0 Å². The van der Waals surface area contributed by atoms with Gasteiger partial charge in [0.25, 0.3) is 0 Å². The molecular formula is C15H23N3O2. The van der Waals surface area contributed by atoms with E-state index in [0.717, 1.165) is 45.6 Å². The molecule has 5 nitrogen and oxygen atoms in total. The molecule has 2 fully saturated rings. The quantitative estimate of drug-likeness (QED) is 0.832. The highest BCUT2D eigenvalue weighted by Crippen LogP contribution is 2.35. The lowest BCUT2D eigenvalue weighted by molar-refractivity contribution is -0.164. The van der Waals surface area contributed by atoms with E-state index in [4.69, 9.17) is 9.47 Å². The number of aromatic nitrogens is 2. The molecule has 0 amide bonds. The lowest BCUT2D eigenvalue weighted by atomic mass is 9.92. The lowest BCUT2D eigenvalue weighted by Crippen LogP contribution is -2.37.